The lowest BCUT2D eigenvalue weighted by Crippen LogP contribution is -2.43. The Bertz CT molecular complexity index is 1300. The minimum Gasteiger partial charge on any atom is -0.390 e. The van der Waals surface area contributed by atoms with Crippen LogP contribution in [0.5, 0.6) is 0 Å². The average Bonchev–Trinajstić information content (AvgIpc) is 3.04. The first-order valence-corrected chi connectivity index (χ1v) is 11.6. The molecule has 0 spiro atoms. The van der Waals surface area contributed by atoms with Gasteiger partial charge in [-0.3, -0.25) is 0 Å². The Hall–Kier alpha value is -2.67. The van der Waals surface area contributed by atoms with Crippen molar-refractivity contribution in [2.24, 2.45) is 0 Å². The molecular weight excluding hydrogens is 396 g/mol. The number of aliphatic hydroxyl groups excluding tert-OH is 1. The smallest absolute Gasteiger partial charge is 0.243 e. The Kier molecular flexibility index (Phi) is 4.65. The summed E-state index contributed by atoms with van der Waals surface area (Å²) in [5.74, 6) is 0. The summed E-state index contributed by atoms with van der Waals surface area (Å²) in [5, 5.41) is 13.2. The first-order chi connectivity index (χ1) is 14.4. The number of nitrogens with zero attached hydrogens (tertiary/aromatic N) is 2. The third kappa shape index (κ3) is 3.12. The fraction of sp³-hybridized carbons (Fsp3) is 0.250. The molecule has 2 heterocycles. The molecule has 154 valence electrons. The van der Waals surface area contributed by atoms with E-state index in [1.165, 1.54) is 4.31 Å². The van der Waals surface area contributed by atoms with Gasteiger partial charge in [-0.05, 0) is 37.1 Å². The Balaban J connectivity index is 1.44. The van der Waals surface area contributed by atoms with Gasteiger partial charge in [0.25, 0.3) is 0 Å². The Morgan fingerprint density at radius 2 is 1.57 bits per heavy atom. The highest BCUT2D eigenvalue weighted by molar-refractivity contribution is 7.89. The van der Waals surface area contributed by atoms with Crippen LogP contribution in [-0.2, 0) is 23.0 Å². The molecule has 1 unspecified atom stereocenters. The predicted molar refractivity (Wildman–Crippen MR) is 119 cm³/mol. The van der Waals surface area contributed by atoms with Crippen LogP contribution in [0, 0.1) is 6.92 Å². The van der Waals surface area contributed by atoms with Gasteiger partial charge < -0.3 is 9.67 Å². The zero-order valence-corrected chi connectivity index (χ0v) is 17.6. The van der Waals surface area contributed by atoms with Gasteiger partial charge in [0.05, 0.1) is 17.5 Å². The minimum absolute atomic E-state index is 0.0798. The van der Waals surface area contributed by atoms with E-state index in [1.54, 1.807) is 6.07 Å². The lowest BCUT2D eigenvalue weighted by Gasteiger charge is -2.30. The number of sulfonamides is 1. The monoisotopic (exact) mass is 420 g/mol. The van der Waals surface area contributed by atoms with E-state index in [9.17, 15) is 13.5 Å². The maximum absolute atomic E-state index is 13.1. The zero-order chi connectivity index (χ0) is 20.9. The van der Waals surface area contributed by atoms with Crippen LogP contribution >= 0.6 is 0 Å². The Morgan fingerprint density at radius 3 is 2.23 bits per heavy atom. The maximum Gasteiger partial charge on any atom is 0.243 e. The summed E-state index contributed by atoms with van der Waals surface area (Å²) in [6.45, 7) is 2.77. The van der Waals surface area contributed by atoms with Crippen LogP contribution in [0.25, 0.3) is 21.8 Å². The summed E-state index contributed by atoms with van der Waals surface area (Å²) in [6, 6.07) is 21.7. The van der Waals surface area contributed by atoms with Crippen molar-refractivity contribution in [3.63, 3.8) is 0 Å². The molecule has 6 heteroatoms. The number of hydrogen-bond acceptors (Lipinski definition) is 3. The van der Waals surface area contributed by atoms with E-state index in [0.29, 0.717) is 24.4 Å². The van der Waals surface area contributed by atoms with Crippen molar-refractivity contribution < 1.29 is 13.5 Å². The number of fused-ring (bicyclic) bond motifs is 4. The van der Waals surface area contributed by atoms with Gasteiger partial charge in [-0.2, -0.15) is 4.31 Å². The fourth-order valence-electron chi connectivity index (χ4n) is 4.55. The quantitative estimate of drug-likeness (QED) is 0.547. The Morgan fingerprint density at radius 1 is 0.933 bits per heavy atom. The number of aromatic nitrogens is 1. The van der Waals surface area contributed by atoms with E-state index >= 15 is 0 Å². The molecule has 5 nitrogen and oxygen atoms in total. The number of benzene rings is 3. The molecule has 0 amide bonds. The van der Waals surface area contributed by atoms with Crippen LogP contribution in [0.3, 0.4) is 0 Å². The van der Waals surface area contributed by atoms with Crippen molar-refractivity contribution in [1.29, 1.82) is 0 Å². The lowest BCUT2D eigenvalue weighted by molar-refractivity contribution is 0.129. The summed E-state index contributed by atoms with van der Waals surface area (Å²) in [4.78, 5) is 0.364. The first kappa shape index (κ1) is 19.3. The molecule has 1 aliphatic heterocycles. The summed E-state index contributed by atoms with van der Waals surface area (Å²) < 4.78 is 29.7. The van der Waals surface area contributed by atoms with E-state index in [2.05, 4.69) is 16.7 Å². The van der Waals surface area contributed by atoms with Gasteiger partial charge in [0.1, 0.15) is 0 Å². The second-order valence-electron chi connectivity index (χ2n) is 8.02. The molecule has 0 saturated heterocycles. The van der Waals surface area contributed by atoms with Gasteiger partial charge in [-0.1, -0.05) is 54.1 Å². The highest BCUT2D eigenvalue weighted by atomic mass is 32.2. The molecule has 30 heavy (non-hydrogen) atoms. The van der Waals surface area contributed by atoms with E-state index < -0.39 is 16.1 Å². The second-order valence-corrected chi connectivity index (χ2v) is 9.93. The molecule has 5 rings (SSSR count). The number of hydrogen-bond donors (Lipinski definition) is 1. The van der Waals surface area contributed by atoms with Crippen molar-refractivity contribution in [1.82, 2.24) is 8.87 Å². The summed E-state index contributed by atoms with van der Waals surface area (Å²) in [7, 11) is -3.59. The topological polar surface area (TPSA) is 62.5 Å². The maximum atomic E-state index is 13.1. The van der Waals surface area contributed by atoms with Crippen molar-refractivity contribution in [3.05, 3.63) is 77.9 Å². The molecule has 1 aliphatic rings. The van der Waals surface area contributed by atoms with E-state index in [1.807, 2.05) is 55.5 Å². The Labute approximate surface area is 176 Å². The van der Waals surface area contributed by atoms with Gasteiger partial charge in [-0.25, -0.2) is 8.42 Å². The van der Waals surface area contributed by atoms with Crippen LogP contribution in [-0.4, -0.2) is 41.6 Å². The molecular formula is C24H24N2O3S. The third-order valence-corrected chi connectivity index (χ3v) is 7.92. The molecule has 1 aromatic heterocycles. The van der Waals surface area contributed by atoms with E-state index in [0.717, 1.165) is 32.9 Å². The van der Waals surface area contributed by atoms with Crippen LogP contribution in [0.15, 0.2) is 71.6 Å². The molecule has 0 bridgehead atoms. The first-order valence-electron chi connectivity index (χ1n) is 10.2. The van der Waals surface area contributed by atoms with Gasteiger partial charge in [0.15, 0.2) is 0 Å². The molecule has 1 N–H and O–H groups in total. The molecule has 3 aromatic carbocycles. The molecule has 1 atom stereocenters. The summed E-state index contributed by atoms with van der Waals surface area (Å²) in [5.41, 5.74) is 4.01. The standard InChI is InChI=1S/C24H24N2O3S/c1-17-10-11-24-18(14-17)12-13-25(30(24,28)29)15-19(27)16-26-22-8-4-2-6-20(22)21-7-3-5-9-23(21)26/h2-11,14,19,27H,12-13,15-16H2,1H3. The van der Waals surface area contributed by atoms with Crippen molar-refractivity contribution >= 4 is 31.8 Å². The van der Waals surface area contributed by atoms with Crippen LogP contribution in [0.4, 0.5) is 0 Å². The van der Waals surface area contributed by atoms with Gasteiger partial charge in [0, 0.05) is 34.9 Å². The highest BCUT2D eigenvalue weighted by Crippen LogP contribution is 2.30. The van der Waals surface area contributed by atoms with Crippen molar-refractivity contribution in [2.75, 3.05) is 13.1 Å². The number of rotatable bonds is 4. The molecule has 0 aliphatic carbocycles. The third-order valence-electron chi connectivity index (χ3n) is 5.95. The van der Waals surface area contributed by atoms with Crippen LogP contribution < -0.4 is 0 Å². The summed E-state index contributed by atoms with van der Waals surface area (Å²) in [6.07, 6.45) is -0.149. The van der Waals surface area contributed by atoms with Crippen molar-refractivity contribution in [3.8, 4) is 0 Å². The molecule has 0 saturated carbocycles. The van der Waals surface area contributed by atoms with E-state index in [4.69, 9.17) is 0 Å². The lowest BCUT2D eigenvalue weighted by atomic mass is 10.1. The number of aliphatic hydroxyl groups is 1. The van der Waals surface area contributed by atoms with E-state index in [-0.39, 0.29) is 6.54 Å². The van der Waals surface area contributed by atoms with Crippen molar-refractivity contribution in [2.45, 2.75) is 30.9 Å². The molecule has 4 aromatic rings. The van der Waals surface area contributed by atoms with Crippen LogP contribution in [0.1, 0.15) is 11.1 Å². The highest BCUT2D eigenvalue weighted by Gasteiger charge is 2.32. The zero-order valence-electron chi connectivity index (χ0n) is 16.8. The molecule has 0 radical (unpaired) electrons. The number of β-amino-alcohol motifs (C(OH)–C–C–N with tert-alkyl or cyclic N) is 1. The normalized spacial score (nSPS) is 17.3. The largest absolute Gasteiger partial charge is 0.390 e. The van der Waals surface area contributed by atoms with Crippen LogP contribution in [0.2, 0.25) is 0 Å². The minimum atomic E-state index is -3.59. The predicted octanol–water partition coefficient (Wildman–Crippen LogP) is 3.71. The van der Waals surface area contributed by atoms with Gasteiger partial charge in [0.2, 0.25) is 10.0 Å². The number of para-hydroxylation sites is 2. The van der Waals surface area contributed by atoms with Gasteiger partial charge >= 0.3 is 0 Å². The number of aryl methyl sites for hydroxylation is 1. The van der Waals surface area contributed by atoms with Gasteiger partial charge in [-0.15, -0.1) is 0 Å². The average molecular weight is 421 g/mol. The molecule has 0 fully saturated rings. The SMILES string of the molecule is Cc1ccc2c(c1)CCN(CC(O)Cn1c3ccccc3c3ccccc31)S2(=O)=O. The fourth-order valence-corrected chi connectivity index (χ4v) is 6.26. The second kappa shape index (κ2) is 7.23. The summed E-state index contributed by atoms with van der Waals surface area (Å²) >= 11 is 0.